The molecular weight excluding hydrogens is 435 g/mol. The number of carbonyl (C=O) groups is 1. The first-order valence-corrected chi connectivity index (χ1v) is 8.17. The third-order valence-electron chi connectivity index (χ3n) is 2.55. The molecule has 0 unspecified atom stereocenters. The molecule has 114 valence electrons. The number of benzene rings is 2. The average molecular weight is 447 g/mol. The second-order valence-corrected chi connectivity index (χ2v) is 6.36. The molecule has 1 amide bonds. The largest absolute Gasteiger partial charge is 0.483 e. The highest BCUT2D eigenvalue weighted by molar-refractivity contribution is 9.11. The molecule has 0 fully saturated rings. The van der Waals surface area contributed by atoms with E-state index in [2.05, 4.69) is 42.4 Å². The van der Waals surface area contributed by atoms with E-state index in [1.54, 1.807) is 18.2 Å². The summed E-state index contributed by atoms with van der Waals surface area (Å²) in [7, 11) is 0. The van der Waals surface area contributed by atoms with Crippen LogP contribution in [-0.4, -0.2) is 18.7 Å². The minimum atomic E-state index is -0.363. The van der Waals surface area contributed by atoms with Gasteiger partial charge in [0, 0.05) is 15.1 Å². The Morgan fingerprint density at radius 3 is 2.77 bits per heavy atom. The van der Waals surface area contributed by atoms with Gasteiger partial charge in [-0.2, -0.15) is 5.10 Å². The van der Waals surface area contributed by atoms with Crippen LogP contribution in [0.2, 0.25) is 5.02 Å². The summed E-state index contributed by atoms with van der Waals surface area (Å²) >= 11 is 12.7. The number of hydrogen-bond acceptors (Lipinski definition) is 3. The predicted molar refractivity (Wildman–Crippen MR) is 94.5 cm³/mol. The zero-order valence-electron chi connectivity index (χ0n) is 11.2. The molecule has 0 heterocycles. The minimum absolute atomic E-state index is 0.139. The van der Waals surface area contributed by atoms with Crippen molar-refractivity contribution in [2.75, 3.05) is 6.61 Å². The van der Waals surface area contributed by atoms with Crippen LogP contribution in [-0.2, 0) is 4.79 Å². The van der Waals surface area contributed by atoms with Crippen LogP contribution in [0.5, 0.6) is 5.75 Å². The molecule has 0 aliphatic carbocycles. The van der Waals surface area contributed by atoms with Crippen molar-refractivity contribution in [2.45, 2.75) is 0 Å². The summed E-state index contributed by atoms with van der Waals surface area (Å²) in [6, 6.07) is 12.6. The fourth-order valence-electron chi connectivity index (χ4n) is 1.52. The molecule has 2 rings (SSSR count). The van der Waals surface area contributed by atoms with Crippen LogP contribution in [0, 0.1) is 0 Å². The van der Waals surface area contributed by atoms with Crippen LogP contribution in [0.1, 0.15) is 5.56 Å². The van der Waals surface area contributed by atoms with Crippen molar-refractivity contribution in [3.05, 3.63) is 62.0 Å². The minimum Gasteiger partial charge on any atom is -0.483 e. The summed E-state index contributed by atoms with van der Waals surface area (Å²) in [6.07, 6.45) is 1.48. The molecule has 0 spiro atoms. The van der Waals surface area contributed by atoms with Crippen LogP contribution < -0.4 is 10.2 Å². The Morgan fingerprint density at radius 1 is 1.27 bits per heavy atom. The fourth-order valence-corrected chi connectivity index (χ4v) is 2.87. The summed E-state index contributed by atoms with van der Waals surface area (Å²) in [6.45, 7) is -0.139. The van der Waals surface area contributed by atoms with Gasteiger partial charge in [-0.25, -0.2) is 5.43 Å². The molecule has 0 saturated heterocycles. The van der Waals surface area contributed by atoms with Gasteiger partial charge in [-0.1, -0.05) is 45.7 Å². The molecule has 0 bridgehead atoms. The Hall–Kier alpha value is -1.37. The maximum atomic E-state index is 11.7. The predicted octanol–water partition coefficient (Wildman–Crippen LogP) is 4.39. The van der Waals surface area contributed by atoms with Crippen LogP contribution in [0.15, 0.2) is 56.5 Å². The molecule has 4 nitrogen and oxygen atoms in total. The summed E-state index contributed by atoms with van der Waals surface area (Å²) in [5.41, 5.74) is 3.10. The fraction of sp³-hybridized carbons (Fsp3) is 0.0667. The average Bonchev–Trinajstić information content (AvgIpc) is 2.48. The van der Waals surface area contributed by atoms with Crippen molar-refractivity contribution >= 4 is 55.6 Å². The van der Waals surface area contributed by atoms with E-state index in [0.717, 1.165) is 14.5 Å². The first kappa shape index (κ1) is 17.0. The highest BCUT2D eigenvalue weighted by Gasteiger charge is 2.05. The normalized spacial score (nSPS) is 10.7. The first-order valence-electron chi connectivity index (χ1n) is 6.20. The van der Waals surface area contributed by atoms with E-state index in [1.165, 1.54) is 6.21 Å². The van der Waals surface area contributed by atoms with Gasteiger partial charge in [0.25, 0.3) is 5.91 Å². The summed E-state index contributed by atoms with van der Waals surface area (Å²) in [4.78, 5) is 11.7. The molecule has 0 saturated carbocycles. The molecule has 0 aliphatic heterocycles. The molecule has 0 radical (unpaired) electrons. The number of hydrogen-bond donors (Lipinski definition) is 1. The van der Waals surface area contributed by atoms with Gasteiger partial charge in [-0.15, -0.1) is 0 Å². The zero-order chi connectivity index (χ0) is 15.9. The van der Waals surface area contributed by atoms with Gasteiger partial charge in [0.05, 0.1) is 10.7 Å². The van der Waals surface area contributed by atoms with Crippen LogP contribution in [0.4, 0.5) is 0 Å². The molecule has 2 aromatic carbocycles. The third kappa shape index (κ3) is 5.12. The highest BCUT2D eigenvalue weighted by Crippen LogP contribution is 2.28. The Balaban J connectivity index is 1.84. The van der Waals surface area contributed by atoms with Crippen molar-refractivity contribution < 1.29 is 9.53 Å². The van der Waals surface area contributed by atoms with Crippen molar-refractivity contribution in [3.63, 3.8) is 0 Å². The van der Waals surface area contributed by atoms with Gasteiger partial charge < -0.3 is 4.74 Å². The lowest BCUT2D eigenvalue weighted by molar-refractivity contribution is -0.123. The molecule has 7 heteroatoms. The number of ether oxygens (including phenoxy) is 1. The van der Waals surface area contributed by atoms with Crippen molar-refractivity contribution in [3.8, 4) is 5.75 Å². The second-order valence-electron chi connectivity index (χ2n) is 4.18. The lowest BCUT2D eigenvalue weighted by atomic mass is 10.2. The number of nitrogens with zero attached hydrogens (tertiary/aromatic N) is 1. The van der Waals surface area contributed by atoms with Gasteiger partial charge in [-0.3, -0.25) is 4.79 Å². The van der Waals surface area contributed by atoms with E-state index >= 15 is 0 Å². The monoisotopic (exact) mass is 444 g/mol. The molecule has 22 heavy (non-hydrogen) atoms. The van der Waals surface area contributed by atoms with Gasteiger partial charge in [0.15, 0.2) is 6.61 Å². The van der Waals surface area contributed by atoms with E-state index in [-0.39, 0.29) is 12.5 Å². The van der Waals surface area contributed by atoms with Gasteiger partial charge in [0.1, 0.15) is 5.75 Å². The second kappa shape index (κ2) is 8.31. The number of carbonyl (C=O) groups excluding carboxylic acids is 1. The maximum absolute atomic E-state index is 11.7. The van der Waals surface area contributed by atoms with E-state index in [1.807, 2.05) is 24.3 Å². The van der Waals surface area contributed by atoms with Crippen molar-refractivity contribution in [1.29, 1.82) is 0 Å². The van der Waals surface area contributed by atoms with E-state index < -0.39 is 0 Å². The number of nitrogens with one attached hydrogen (secondary N) is 1. The van der Waals surface area contributed by atoms with E-state index in [4.69, 9.17) is 16.3 Å². The topological polar surface area (TPSA) is 50.7 Å². The molecule has 2 aromatic rings. The highest BCUT2D eigenvalue weighted by atomic mass is 79.9. The maximum Gasteiger partial charge on any atom is 0.277 e. The lowest BCUT2D eigenvalue weighted by Gasteiger charge is -2.07. The Kier molecular flexibility index (Phi) is 6.42. The van der Waals surface area contributed by atoms with Crippen molar-refractivity contribution in [2.24, 2.45) is 5.10 Å². The summed E-state index contributed by atoms with van der Waals surface area (Å²) < 4.78 is 7.08. The summed E-state index contributed by atoms with van der Waals surface area (Å²) in [5, 5.41) is 4.41. The van der Waals surface area contributed by atoms with Crippen LogP contribution >= 0.6 is 43.5 Å². The summed E-state index contributed by atoms with van der Waals surface area (Å²) in [5.74, 6) is 0.214. The van der Waals surface area contributed by atoms with Crippen LogP contribution in [0.3, 0.4) is 0 Å². The Labute approximate surface area is 149 Å². The van der Waals surface area contributed by atoms with Crippen molar-refractivity contribution in [1.82, 2.24) is 5.43 Å². The van der Waals surface area contributed by atoms with E-state index in [9.17, 15) is 4.79 Å². The zero-order valence-corrected chi connectivity index (χ0v) is 15.2. The molecule has 1 N–H and O–H groups in total. The van der Waals surface area contributed by atoms with Gasteiger partial charge in [0.2, 0.25) is 0 Å². The molecule has 0 aliphatic rings. The number of amides is 1. The third-order valence-corrected chi connectivity index (χ3v) is 4.01. The van der Waals surface area contributed by atoms with Gasteiger partial charge in [-0.05, 0) is 40.2 Å². The number of hydrazone groups is 1. The first-order chi connectivity index (χ1) is 10.6. The SMILES string of the molecule is O=C(COc1ccc(Br)cc1Br)N/N=C/c1ccccc1Cl. The van der Waals surface area contributed by atoms with Crippen LogP contribution in [0.25, 0.3) is 0 Å². The number of halogens is 3. The standard InChI is InChI=1S/C15H11Br2ClN2O2/c16-11-5-6-14(12(17)7-11)22-9-15(21)20-19-8-10-3-1-2-4-13(10)18/h1-8H,9H2,(H,20,21)/b19-8+. The Bertz CT molecular complexity index is 708. The smallest absolute Gasteiger partial charge is 0.277 e. The molecule has 0 aromatic heterocycles. The molecular formula is C15H11Br2ClN2O2. The van der Waals surface area contributed by atoms with E-state index in [0.29, 0.717) is 10.8 Å². The Morgan fingerprint density at radius 2 is 2.05 bits per heavy atom. The quantitative estimate of drug-likeness (QED) is 0.547. The number of rotatable bonds is 5. The molecule has 0 atom stereocenters. The lowest BCUT2D eigenvalue weighted by Crippen LogP contribution is -2.24. The van der Waals surface area contributed by atoms with Gasteiger partial charge >= 0.3 is 0 Å².